The van der Waals surface area contributed by atoms with Crippen LogP contribution in [0.2, 0.25) is 0 Å². The van der Waals surface area contributed by atoms with Crippen LogP contribution in [0.1, 0.15) is 28.6 Å². The second kappa shape index (κ2) is 7.67. The Balaban J connectivity index is 1.68. The highest BCUT2D eigenvalue weighted by Crippen LogP contribution is 2.39. The number of carbonyl (C=O) groups excluding carboxylic acids is 1. The number of nitrogens with one attached hydrogen (secondary N) is 2. The summed E-state index contributed by atoms with van der Waals surface area (Å²) in [5.74, 6) is 0.0672. The predicted molar refractivity (Wildman–Crippen MR) is 108 cm³/mol. The minimum Gasteiger partial charge on any atom is -0.324 e. The number of halogens is 3. The zero-order valence-corrected chi connectivity index (χ0v) is 16.9. The highest BCUT2D eigenvalue weighted by atomic mass is 32.2. The first-order chi connectivity index (χ1) is 14.2. The third-order valence-electron chi connectivity index (χ3n) is 4.78. The van der Waals surface area contributed by atoms with E-state index in [4.69, 9.17) is 0 Å². The van der Waals surface area contributed by atoms with E-state index in [0.717, 1.165) is 29.0 Å². The lowest BCUT2D eigenvalue weighted by atomic mass is 10.0. The quantitative estimate of drug-likeness (QED) is 0.644. The van der Waals surface area contributed by atoms with Crippen molar-refractivity contribution in [3.05, 3.63) is 71.0 Å². The lowest BCUT2D eigenvalue weighted by Gasteiger charge is -2.33. The fourth-order valence-corrected chi connectivity index (χ4v) is 4.35. The number of para-hydroxylation sites is 1. The van der Waals surface area contributed by atoms with Gasteiger partial charge in [-0.25, -0.2) is 4.68 Å². The van der Waals surface area contributed by atoms with Gasteiger partial charge in [-0.3, -0.25) is 4.79 Å². The molecular weight excluding hydrogens is 415 g/mol. The first-order valence-corrected chi connectivity index (χ1v) is 10.0. The van der Waals surface area contributed by atoms with E-state index >= 15 is 0 Å². The monoisotopic (exact) mass is 433 g/mol. The molecule has 4 rings (SSSR count). The van der Waals surface area contributed by atoms with Gasteiger partial charge in [-0.2, -0.15) is 13.2 Å². The summed E-state index contributed by atoms with van der Waals surface area (Å²) in [7, 11) is 0. The standard InChI is InChI=1S/C20H18F3N5OS/c1-11-7-9-13(10-8-11)16-17(30-19-26-25-12(2)28(19)27-16)18(29)24-15-6-4-3-5-14(15)20(21,22)23/h3-10,16-17,27H,1-2H3,(H,24,29). The summed E-state index contributed by atoms with van der Waals surface area (Å²) >= 11 is 1.16. The Morgan fingerprint density at radius 1 is 1.10 bits per heavy atom. The van der Waals surface area contributed by atoms with Gasteiger partial charge in [0.25, 0.3) is 0 Å². The van der Waals surface area contributed by atoms with Gasteiger partial charge < -0.3 is 10.7 Å². The number of hydrogen-bond donors (Lipinski definition) is 2. The molecular formula is C20H18F3N5OS. The molecule has 10 heteroatoms. The Labute approximate surface area is 174 Å². The van der Waals surface area contributed by atoms with Crippen LogP contribution in [-0.2, 0) is 11.0 Å². The number of benzene rings is 2. The van der Waals surface area contributed by atoms with Gasteiger partial charge in [0, 0.05) is 0 Å². The van der Waals surface area contributed by atoms with Crippen LogP contribution < -0.4 is 10.7 Å². The minimum atomic E-state index is -4.57. The van der Waals surface area contributed by atoms with Gasteiger partial charge in [-0.1, -0.05) is 53.7 Å². The van der Waals surface area contributed by atoms with Gasteiger partial charge >= 0.3 is 6.18 Å². The number of aryl methyl sites for hydroxylation is 2. The van der Waals surface area contributed by atoms with E-state index in [1.54, 1.807) is 11.6 Å². The molecule has 1 aliphatic rings. The van der Waals surface area contributed by atoms with Crippen molar-refractivity contribution in [2.45, 2.75) is 36.5 Å². The van der Waals surface area contributed by atoms with Crippen LogP contribution in [0.25, 0.3) is 0 Å². The van der Waals surface area contributed by atoms with Crippen LogP contribution in [-0.4, -0.2) is 26.0 Å². The van der Waals surface area contributed by atoms with Crippen LogP contribution in [0.5, 0.6) is 0 Å². The SMILES string of the molecule is Cc1ccc(C2Nn3c(C)nnc3SC2C(=O)Nc2ccccc2C(F)(F)F)cc1. The van der Waals surface area contributed by atoms with Gasteiger partial charge in [0.2, 0.25) is 11.1 Å². The molecule has 0 saturated heterocycles. The molecule has 3 aromatic rings. The van der Waals surface area contributed by atoms with Gasteiger partial charge in [0.15, 0.2) is 0 Å². The summed E-state index contributed by atoms with van der Waals surface area (Å²) in [5.41, 5.74) is 3.95. The minimum absolute atomic E-state index is 0.276. The number of anilines is 1. The Morgan fingerprint density at radius 3 is 2.50 bits per heavy atom. The van der Waals surface area contributed by atoms with Crippen LogP contribution in [0.4, 0.5) is 18.9 Å². The summed E-state index contributed by atoms with van der Waals surface area (Å²) in [5, 5.41) is 10.2. The molecule has 1 amide bonds. The zero-order valence-electron chi connectivity index (χ0n) is 16.1. The largest absolute Gasteiger partial charge is 0.418 e. The molecule has 0 aliphatic carbocycles. The molecule has 2 unspecified atom stereocenters. The van der Waals surface area contributed by atoms with Crippen molar-refractivity contribution in [2.75, 3.05) is 10.7 Å². The molecule has 1 aromatic heterocycles. The van der Waals surface area contributed by atoms with E-state index < -0.39 is 28.9 Å². The highest BCUT2D eigenvalue weighted by molar-refractivity contribution is 8.00. The zero-order chi connectivity index (χ0) is 21.5. The topological polar surface area (TPSA) is 71.8 Å². The normalized spacial score (nSPS) is 18.4. The second-order valence-electron chi connectivity index (χ2n) is 6.95. The number of hydrogen-bond acceptors (Lipinski definition) is 5. The van der Waals surface area contributed by atoms with Gasteiger partial charge in [0.05, 0.1) is 17.3 Å². The molecule has 156 valence electrons. The molecule has 2 aromatic carbocycles. The van der Waals surface area contributed by atoms with Crippen LogP contribution in [0.3, 0.4) is 0 Å². The number of thioether (sulfide) groups is 1. The van der Waals surface area contributed by atoms with E-state index in [9.17, 15) is 18.0 Å². The lowest BCUT2D eigenvalue weighted by Crippen LogP contribution is -2.41. The van der Waals surface area contributed by atoms with Crippen molar-refractivity contribution >= 4 is 23.4 Å². The maximum atomic E-state index is 13.3. The summed E-state index contributed by atoms with van der Waals surface area (Å²) in [6.07, 6.45) is -4.57. The number of nitrogens with zero attached hydrogens (tertiary/aromatic N) is 3. The van der Waals surface area contributed by atoms with Crippen molar-refractivity contribution < 1.29 is 18.0 Å². The molecule has 2 N–H and O–H groups in total. The number of alkyl halides is 3. The lowest BCUT2D eigenvalue weighted by molar-refractivity contribution is -0.137. The first-order valence-electron chi connectivity index (χ1n) is 9.13. The third-order valence-corrected chi connectivity index (χ3v) is 6.00. The molecule has 6 nitrogen and oxygen atoms in total. The molecule has 2 heterocycles. The van der Waals surface area contributed by atoms with Gasteiger partial charge in [-0.05, 0) is 31.5 Å². The molecule has 2 atom stereocenters. The van der Waals surface area contributed by atoms with Crippen molar-refractivity contribution in [2.24, 2.45) is 0 Å². The Hall–Kier alpha value is -3.01. The fourth-order valence-electron chi connectivity index (χ4n) is 3.23. The van der Waals surface area contributed by atoms with Crippen LogP contribution in [0, 0.1) is 13.8 Å². The molecule has 0 fully saturated rings. The van der Waals surface area contributed by atoms with Gasteiger partial charge in [-0.15, -0.1) is 10.2 Å². The molecule has 1 aliphatic heterocycles. The Kier molecular flexibility index (Phi) is 5.19. The number of fused-ring (bicyclic) bond motifs is 1. The fraction of sp³-hybridized carbons (Fsp3) is 0.250. The average molecular weight is 433 g/mol. The van der Waals surface area contributed by atoms with Crippen molar-refractivity contribution in [1.29, 1.82) is 0 Å². The molecule has 0 spiro atoms. The maximum Gasteiger partial charge on any atom is 0.418 e. The van der Waals surface area contributed by atoms with E-state index in [0.29, 0.717) is 11.0 Å². The number of amides is 1. The summed E-state index contributed by atoms with van der Waals surface area (Å²) < 4.78 is 41.7. The van der Waals surface area contributed by atoms with Crippen molar-refractivity contribution in [3.63, 3.8) is 0 Å². The van der Waals surface area contributed by atoms with Crippen LogP contribution in [0.15, 0.2) is 53.7 Å². The predicted octanol–water partition coefficient (Wildman–Crippen LogP) is 4.31. The molecule has 30 heavy (non-hydrogen) atoms. The summed E-state index contributed by atoms with van der Waals surface area (Å²) in [6.45, 7) is 3.73. The smallest absolute Gasteiger partial charge is 0.324 e. The molecule has 0 radical (unpaired) electrons. The van der Waals surface area contributed by atoms with Gasteiger partial charge in [0.1, 0.15) is 11.1 Å². The summed E-state index contributed by atoms with van der Waals surface area (Å²) in [6, 6.07) is 12.1. The number of carbonyl (C=O) groups is 1. The van der Waals surface area contributed by atoms with Crippen LogP contribution >= 0.6 is 11.8 Å². The molecule has 0 saturated carbocycles. The highest BCUT2D eigenvalue weighted by Gasteiger charge is 2.39. The first kappa shape index (κ1) is 20.3. The van der Waals surface area contributed by atoms with E-state index in [1.807, 2.05) is 31.2 Å². The molecule has 0 bridgehead atoms. The average Bonchev–Trinajstić information content (AvgIpc) is 3.07. The van der Waals surface area contributed by atoms with E-state index in [-0.39, 0.29) is 5.69 Å². The Morgan fingerprint density at radius 2 is 1.80 bits per heavy atom. The summed E-state index contributed by atoms with van der Waals surface area (Å²) in [4.78, 5) is 13.1. The number of rotatable bonds is 3. The second-order valence-corrected chi connectivity index (χ2v) is 8.06. The maximum absolute atomic E-state index is 13.3. The third kappa shape index (κ3) is 3.87. The number of aromatic nitrogens is 3. The van der Waals surface area contributed by atoms with E-state index in [2.05, 4.69) is 20.9 Å². The van der Waals surface area contributed by atoms with E-state index in [1.165, 1.54) is 18.2 Å². The van der Waals surface area contributed by atoms with Crippen molar-refractivity contribution in [1.82, 2.24) is 14.9 Å². The van der Waals surface area contributed by atoms with Crippen molar-refractivity contribution in [3.8, 4) is 0 Å². The Bertz CT molecular complexity index is 1080.